The lowest BCUT2D eigenvalue weighted by molar-refractivity contribution is 0.0697. The average molecular weight is 335 g/mol. The molecule has 1 heterocycles. The van der Waals surface area contributed by atoms with Crippen molar-refractivity contribution in [2.45, 2.75) is 25.7 Å². The second-order valence-corrected chi connectivity index (χ2v) is 5.65. The number of hydrogen-bond donors (Lipinski definition) is 2. The number of nitrogens with one attached hydrogen (secondary N) is 1. The minimum atomic E-state index is -1.09. The molecule has 1 aliphatic heterocycles. The largest absolute Gasteiger partial charge is 0.478 e. The Labute approximate surface area is 146 Å². The van der Waals surface area contributed by atoms with Crippen LogP contribution in [0.15, 0.2) is 29.5 Å². The molecule has 0 amide bonds. The zero-order chi connectivity index (χ0) is 18.2. The van der Waals surface area contributed by atoms with Gasteiger partial charge in [0.15, 0.2) is 5.57 Å². The van der Waals surface area contributed by atoms with Crippen molar-refractivity contribution in [3.8, 4) is 18.2 Å². The third-order valence-corrected chi connectivity index (χ3v) is 4.04. The Bertz CT molecular complexity index is 799. The third-order valence-electron chi connectivity index (χ3n) is 4.04. The first-order valence-electron chi connectivity index (χ1n) is 7.94. The lowest BCUT2D eigenvalue weighted by Crippen LogP contribution is -2.25. The van der Waals surface area contributed by atoms with E-state index in [0.717, 1.165) is 44.5 Å². The fourth-order valence-corrected chi connectivity index (χ4v) is 2.77. The Morgan fingerprint density at radius 3 is 2.20 bits per heavy atom. The fraction of sp³-hybridized carbons (Fsp3) is 0.333. The molecule has 25 heavy (non-hydrogen) atoms. The van der Waals surface area contributed by atoms with Gasteiger partial charge in [-0.2, -0.15) is 15.8 Å². The predicted octanol–water partition coefficient (Wildman–Crippen LogP) is 3.00. The molecule has 126 valence electrons. The second-order valence-electron chi connectivity index (χ2n) is 5.65. The zero-order valence-corrected chi connectivity index (χ0v) is 13.6. The minimum absolute atomic E-state index is 0.0637. The number of hydrogen-bond acceptors (Lipinski definition) is 6. The predicted molar refractivity (Wildman–Crippen MR) is 91.6 cm³/mol. The van der Waals surface area contributed by atoms with Gasteiger partial charge >= 0.3 is 5.97 Å². The highest BCUT2D eigenvalue weighted by atomic mass is 16.4. The van der Waals surface area contributed by atoms with Crippen molar-refractivity contribution >= 4 is 17.3 Å². The first-order chi connectivity index (χ1) is 12.1. The monoisotopic (exact) mass is 335 g/mol. The van der Waals surface area contributed by atoms with Gasteiger partial charge in [0.05, 0.1) is 16.9 Å². The maximum atomic E-state index is 11.3. The number of allylic oxidation sites excluding steroid dienone is 2. The molecule has 2 N–H and O–H groups in total. The number of rotatable bonds is 4. The Hall–Kier alpha value is -3.50. The van der Waals surface area contributed by atoms with E-state index in [4.69, 9.17) is 10.5 Å². The highest BCUT2D eigenvalue weighted by molar-refractivity contribution is 5.91. The Balaban J connectivity index is 2.49. The van der Waals surface area contributed by atoms with Gasteiger partial charge in [0.25, 0.3) is 0 Å². The van der Waals surface area contributed by atoms with E-state index < -0.39 is 5.97 Å². The van der Waals surface area contributed by atoms with Crippen LogP contribution in [0.3, 0.4) is 0 Å². The number of anilines is 2. The number of benzene rings is 1. The molecule has 0 unspecified atom stereocenters. The van der Waals surface area contributed by atoms with Crippen LogP contribution < -0.4 is 10.2 Å². The van der Waals surface area contributed by atoms with Gasteiger partial charge in [0, 0.05) is 13.1 Å². The molecule has 2 rings (SSSR count). The highest BCUT2D eigenvalue weighted by Crippen LogP contribution is 2.30. The molecule has 1 saturated heterocycles. The summed E-state index contributed by atoms with van der Waals surface area (Å²) in [4.78, 5) is 13.4. The molecular formula is C18H17N5O2. The number of nitrogens with zero attached hydrogens (tertiary/aromatic N) is 4. The summed E-state index contributed by atoms with van der Waals surface area (Å²) in [6.07, 6.45) is 4.34. The maximum absolute atomic E-state index is 11.3. The SMILES string of the molecule is N#CC(C#N)=C(C#N)Nc1cc(C(=O)O)ccc1N1CCCCCC1. The Kier molecular flexibility index (Phi) is 5.98. The van der Waals surface area contributed by atoms with Gasteiger partial charge in [-0.15, -0.1) is 0 Å². The minimum Gasteiger partial charge on any atom is -0.478 e. The van der Waals surface area contributed by atoms with E-state index in [1.807, 2.05) is 0 Å². The van der Waals surface area contributed by atoms with Crippen molar-refractivity contribution in [1.29, 1.82) is 15.8 Å². The van der Waals surface area contributed by atoms with Crippen LogP contribution in [-0.4, -0.2) is 24.2 Å². The molecule has 1 aliphatic rings. The molecular weight excluding hydrogens is 318 g/mol. The molecule has 0 radical (unpaired) electrons. The maximum Gasteiger partial charge on any atom is 0.335 e. The lowest BCUT2D eigenvalue weighted by atomic mass is 10.1. The van der Waals surface area contributed by atoms with Crippen molar-refractivity contribution in [3.05, 3.63) is 35.0 Å². The van der Waals surface area contributed by atoms with Crippen LogP contribution in [-0.2, 0) is 0 Å². The molecule has 0 aliphatic carbocycles. The second kappa shape index (κ2) is 8.38. The van der Waals surface area contributed by atoms with Gasteiger partial charge in [0.1, 0.15) is 23.9 Å². The van der Waals surface area contributed by atoms with Crippen LogP contribution in [0.5, 0.6) is 0 Å². The molecule has 0 saturated carbocycles. The summed E-state index contributed by atoms with van der Waals surface area (Å²) in [5.74, 6) is -1.09. The summed E-state index contributed by atoms with van der Waals surface area (Å²) in [6.45, 7) is 1.66. The number of carbonyl (C=O) groups is 1. The molecule has 1 aromatic carbocycles. The number of carboxylic acids is 1. The Morgan fingerprint density at radius 2 is 1.68 bits per heavy atom. The van der Waals surface area contributed by atoms with Crippen molar-refractivity contribution in [3.63, 3.8) is 0 Å². The molecule has 1 fully saturated rings. The van der Waals surface area contributed by atoms with E-state index in [1.165, 1.54) is 12.1 Å². The van der Waals surface area contributed by atoms with Crippen LogP contribution >= 0.6 is 0 Å². The van der Waals surface area contributed by atoms with E-state index in [1.54, 1.807) is 24.3 Å². The summed E-state index contributed by atoms with van der Waals surface area (Å²) < 4.78 is 0. The standard InChI is InChI=1S/C18H17N5O2/c19-10-14(11-20)16(12-21)22-15-9-13(18(24)25)5-6-17(15)23-7-3-1-2-4-8-23/h5-6,9,22H,1-4,7-8H2,(H,24,25). The van der Waals surface area contributed by atoms with E-state index in [-0.39, 0.29) is 16.8 Å². The van der Waals surface area contributed by atoms with Gasteiger partial charge in [-0.05, 0) is 31.0 Å². The van der Waals surface area contributed by atoms with E-state index >= 15 is 0 Å². The molecule has 0 aromatic heterocycles. The zero-order valence-electron chi connectivity index (χ0n) is 13.6. The van der Waals surface area contributed by atoms with Crippen LogP contribution in [0.1, 0.15) is 36.0 Å². The first-order valence-corrected chi connectivity index (χ1v) is 7.94. The van der Waals surface area contributed by atoms with Gasteiger partial charge in [-0.25, -0.2) is 4.79 Å². The van der Waals surface area contributed by atoms with Gasteiger partial charge < -0.3 is 15.3 Å². The van der Waals surface area contributed by atoms with Crippen molar-refractivity contribution in [2.75, 3.05) is 23.3 Å². The van der Waals surface area contributed by atoms with Crippen molar-refractivity contribution in [2.24, 2.45) is 0 Å². The lowest BCUT2D eigenvalue weighted by Gasteiger charge is -2.26. The van der Waals surface area contributed by atoms with E-state index in [2.05, 4.69) is 10.2 Å². The average Bonchev–Trinajstić information content (AvgIpc) is 2.90. The normalized spacial score (nSPS) is 13.6. The first kappa shape index (κ1) is 17.8. The number of aromatic carboxylic acids is 1. The fourth-order valence-electron chi connectivity index (χ4n) is 2.77. The van der Waals surface area contributed by atoms with Crippen LogP contribution in [0.4, 0.5) is 11.4 Å². The highest BCUT2D eigenvalue weighted by Gasteiger charge is 2.17. The molecule has 7 heteroatoms. The quantitative estimate of drug-likeness (QED) is 0.810. The molecule has 0 bridgehead atoms. The van der Waals surface area contributed by atoms with Crippen LogP contribution in [0.25, 0.3) is 0 Å². The number of nitriles is 3. The summed E-state index contributed by atoms with van der Waals surface area (Å²) >= 11 is 0. The smallest absolute Gasteiger partial charge is 0.335 e. The van der Waals surface area contributed by atoms with Crippen LogP contribution in [0.2, 0.25) is 0 Å². The van der Waals surface area contributed by atoms with Gasteiger partial charge in [0.2, 0.25) is 0 Å². The summed E-state index contributed by atoms with van der Waals surface area (Å²) in [7, 11) is 0. The molecule has 0 spiro atoms. The molecule has 7 nitrogen and oxygen atoms in total. The molecule has 0 atom stereocenters. The van der Waals surface area contributed by atoms with Crippen LogP contribution in [0, 0.1) is 34.0 Å². The molecule has 1 aromatic rings. The summed E-state index contributed by atoms with van der Waals surface area (Å²) in [5.41, 5.74) is 0.693. The topological polar surface area (TPSA) is 124 Å². The summed E-state index contributed by atoms with van der Waals surface area (Å²) in [5, 5.41) is 39.2. The van der Waals surface area contributed by atoms with Gasteiger partial charge in [-0.1, -0.05) is 12.8 Å². The summed E-state index contributed by atoms with van der Waals surface area (Å²) in [6, 6.07) is 9.78. The Morgan fingerprint density at radius 1 is 1.04 bits per heavy atom. The van der Waals surface area contributed by atoms with E-state index in [9.17, 15) is 15.2 Å². The number of carboxylic acid groups (broad SMARTS) is 1. The third kappa shape index (κ3) is 4.28. The van der Waals surface area contributed by atoms with Crippen molar-refractivity contribution in [1.82, 2.24) is 0 Å². The van der Waals surface area contributed by atoms with E-state index in [0.29, 0.717) is 5.69 Å². The van der Waals surface area contributed by atoms with Gasteiger partial charge in [-0.3, -0.25) is 0 Å². The van der Waals surface area contributed by atoms with Crippen molar-refractivity contribution < 1.29 is 9.90 Å².